The Morgan fingerprint density at radius 3 is 2.81 bits per heavy atom. The van der Waals surface area contributed by atoms with E-state index in [0.717, 1.165) is 17.5 Å². The van der Waals surface area contributed by atoms with Crippen LogP contribution in [0, 0.1) is 22.0 Å². The smallest absolute Gasteiger partial charge is 0.348 e. The minimum absolute atomic E-state index is 0.0320. The number of nitro groups is 1. The Hall–Kier alpha value is -2.48. The van der Waals surface area contributed by atoms with Crippen molar-refractivity contribution in [1.29, 1.82) is 0 Å². The van der Waals surface area contributed by atoms with Gasteiger partial charge in [-0.25, -0.2) is 4.79 Å². The minimum atomic E-state index is -0.598. The molecule has 3 rings (SSSR count). The number of fused-ring (bicyclic) bond motifs is 1. The quantitative estimate of drug-likeness (QED) is 0.474. The average Bonchev–Trinajstić information content (AvgIpc) is 3.07. The summed E-state index contributed by atoms with van der Waals surface area (Å²) in [6.45, 7) is 4.00. The molecule has 1 aromatic heterocycles. The summed E-state index contributed by atoms with van der Waals surface area (Å²) >= 11 is 1.18. The fourth-order valence-corrected chi connectivity index (χ4v) is 4.42. The van der Waals surface area contributed by atoms with Gasteiger partial charge in [0.15, 0.2) is 6.61 Å². The second-order valence-electron chi connectivity index (χ2n) is 7.11. The van der Waals surface area contributed by atoms with Crippen LogP contribution in [0.1, 0.15) is 42.8 Å². The highest BCUT2D eigenvalue weighted by Gasteiger charge is 2.28. The highest BCUT2D eigenvalue weighted by Crippen LogP contribution is 2.30. The van der Waals surface area contributed by atoms with E-state index in [0.29, 0.717) is 22.1 Å². The number of carbonyl (C=O) groups excluding carboxylic acids is 2. The molecule has 0 bridgehead atoms. The lowest BCUT2D eigenvalue weighted by Crippen LogP contribution is -2.45. The third-order valence-corrected chi connectivity index (χ3v) is 6.40. The lowest BCUT2D eigenvalue weighted by molar-refractivity contribution is -0.384. The van der Waals surface area contributed by atoms with Crippen molar-refractivity contribution in [3.8, 4) is 0 Å². The number of amides is 1. The highest BCUT2D eigenvalue weighted by atomic mass is 32.1. The number of carbonyl (C=O) groups is 2. The van der Waals surface area contributed by atoms with Crippen LogP contribution in [0.3, 0.4) is 0 Å². The maximum absolute atomic E-state index is 12.2. The van der Waals surface area contributed by atoms with Crippen molar-refractivity contribution >= 4 is 39.0 Å². The van der Waals surface area contributed by atoms with Crippen molar-refractivity contribution in [2.75, 3.05) is 6.61 Å². The molecule has 1 saturated carbocycles. The van der Waals surface area contributed by atoms with Gasteiger partial charge in [-0.2, -0.15) is 0 Å². The molecule has 1 aliphatic carbocycles. The molecule has 1 amide bonds. The summed E-state index contributed by atoms with van der Waals surface area (Å²) in [6.07, 6.45) is 3.21. The minimum Gasteiger partial charge on any atom is -0.451 e. The van der Waals surface area contributed by atoms with Gasteiger partial charge < -0.3 is 10.1 Å². The van der Waals surface area contributed by atoms with Crippen LogP contribution in [0.4, 0.5) is 5.69 Å². The van der Waals surface area contributed by atoms with Gasteiger partial charge in [-0.15, -0.1) is 11.3 Å². The first-order valence-corrected chi connectivity index (χ1v) is 9.81. The summed E-state index contributed by atoms with van der Waals surface area (Å²) in [5.74, 6) is 0.0658. The standard InChI is InChI=1S/C19H22N2O5S/c1-11-4-3-5-15(12(11)2)20-18(22)10-26-19(23)17-9-13-8-14(21(24)25)6-7-16(13)27-17/h6-9,11-12,15H,3-5,10H2,1-2H3,(H,20,22)/t11-,12+,15-/m0/s1. The maximum Gasteiger partial charge on any atom is 0.348 e. The molecule has 144 valence electrons. The summed E-state index contributed by atoms with van der Waals surface area (Å²) < 4.78 is 5.88. The fourth-order valence-electron chi connectivity index (χ4n) is 3.48. The van der Waals surface area contributed by atoms with E-state index in [1.165, 1.54) is 29.9 Å². The van der Waals surface area contributed by atoms with Crippen molar-refractivity contribution in [2.45, 2.75) is 39.2 Å². The van der Waals surface area contributed by atoms with E-state index < -0.39 is 10.9 Å². The monoisotopic (exact) mass is 390 g/mol. The molecule has 0 radical (unpaired) electrons. The SMILES string of the molecule is C[C@H]1[C@@H](NC(=O)COC(=O)c2cc3cc([N+](=O)[O-])ccc3s2)CCC[C@@H]1C. The van der Waals surface area contributed by atoms with E-state index in [1.807, 2.05) is 0 Å². The molecule has 8 heteroatoms. The first-order valence-electron chi connectivity index (χ1n) is 8.99. The third-order valence-electron chi connectivity index (χ3n) is 5.30. The zero-order valence-electron chi connectivity index (χ0n) is 15.3. The number of rotatable bonds is 5. The van der Waals surface area contributed by atoms with E-state index in [2.05, 4.69) is 19.2 Å². The predicted molar refractivity (Wildman–Crippen MR) is 103 cm³/mol. The Morgan fingerprint density at radius 1 is 1.30 bits per heavy atom. The van der Waals surface area contributed by atoms with Crippen LogP contribution < -0.4 is 5.32 Å². The summed E-state index contributed by atoms with van der Waals surface area (Å²) in [5.41, 5.74) is -0.0320. The average molecular weight is 390 g/mol. The van der Waals surface area contributed by atoms with Gasteiger partial charge in [0, 0.05) is 28.3 Å². The van der Waals surface area contributed by atoms with Crippen molar-refractivity contribution in [2.24, 2.45) is 11.8 Å². The van der Waals surface area contributed by atoms with Crippen LogP contribution in [0.5, 0.6) is 0 Å². The first-order chi connectivity index (χ1) is 12.8. The Balaban J connectivity index is 1.58. The van der Waals surface area contributed by atoms with E-state index in [4.69, 9.17) is 4.74 Å². The fraction of sp³-hybridized carbons (Fsp3) is 0.474. The van der Waals surface area contributed by atoms with Gasteiger partial charge in [0.1, 0.15) is 4.88 Å². The van der Waals surface area contributed by atoms with Gasteiger partial charge in [0.2, 0.25) is 0 Å². The second kappa shape index (κ2) is 8.04. The molecule has 2 aromatic rings. The van der Waals surface area contributed by atoms with E-state index in [9.17, 15) is 19.7 Å². The number of nitro benzene ring substituents is 1. The van der Waals surface area contributed by atoms with Crippen molar-refractivity contribution < 1.29 is 19.2 Å². The van der Waals surface area contributed by atoms with Gasteiger partial charge in [0.05, 0.1) is 4.92 Å². The van der Waals surface area contributed by atoms with Crippen LogP contribution in [0.15, 0.2) is 24.3 Å². The number of hydrogen-bond acceptors (Lipinski definition) is 6. The number of hydrogen-bond donors (Lipinski definition) is 1. The topological polar surface area (TPSA) is 98.5 Å². The zero-order valence-corrected chi connectivity index (χ0v) is 16.1. The summed E-state index contributed by atoms with van der Waals surface area (Å²) in [5, 5.41) is 14.4. The number of ether oxygens (including phenoxy) is 1. The Bertz CT molecular complexity index is 878. The van der Waals surface area contributed by atoms with Crippen molar-refractivity contribution in [1.82, 2.24) is 5.32 Å². The predicted octanol–water partition coefficient (Wildman–Crippen LogP) is 3.91. The van der Waals surface area contributed by atoms with Gasteiger partial charge in [-0.1, -0.05) is 26.7 Å². The van der Waals surface area contributed by atoms with Crippen LogP contribution in [-0.4, -0.2) is 29.4 Å². The molecule has 27 heavy (non-hydrogen) atoms. The number of non-ortho nitro benzene ring substituents is 1. The number of benzene rings is 1. The maximum atomic E-state index is 12.2. The molecule has 1 fully saturated rings. The molecule has 0 spiro atoms. The first kappa shape index (κ1) is 19.3. The summed E-state index contributed by atoms with van der Waals surface area (Å²) in [4.78, 5) is 35.0. The lowest BCUT2D eigenvalue weighted by Gasteiger charge is -2.34. The number of thiophene rings is 1. The molecule has 0 unspecified atom stereocenters. The van der Waals surface area contributed by atoms with Crippen molar-refractivity contribution in [3.05, 3.63) is 39.3 Å². The second-order valence-corrected chi connectivity index (χ2v) is 8.19. The molecule has 0 saturated heterocycles. The molecular weight excluding hydrogens is 368 g/mol. The van der Waals surface area contributed by atoms with Crippen LogP contribution in [0.25, 0.3) is 10.1 Å². The molecule has 1 N–H and O–H groups in total. The van der Waals surface area contributed by atoms with Gasteiger partial charge >= 0.3 is 5.97 Å². The van der Waals surface area contributed by atoms with Gasteiger partial charge in [-0.3, -0.25) is 14.9 Å². The van der Waals surface area contributed by atoms with Crippen molar-refractivity contribution in [3.63, 3.8) is 0 Å². The van der Waals surface area contributed by atoms with E-state index in [-0.39, 0.29) is 24.2 Å². The molecule has 7 nitrogen and oxygen atoms in total. The Labute approximate surface area is 160 Å². The largest absolute Gasteiger partial charge is 0.451 e. The zero-order chi connectivity index (χ0) is 19.6. The molecular formula is C19H22N2O5S. The Kier molecular flexibility index (Phi) is 5.74. The normalized spacial score (nSPS) is 22.4. The number of nitrogens with one attached hydrogen (secondary N) is 1. The van der Waals surface area contributed by atoms with E-state index >= 15 is 0 Å². The molecule has 3 atom stereocenters. The van der Waals surface area contributed by atoms with Crippen LogP contribution in [-0.2, 0) is 9.53 Å². The molecule has 1 heterocycles. The number of esters is 1. The van der Waals surface area contributed by atoms with Gasteiger partial charge in [0.25, 0.3) is 11.6 Å². The molecule has 1 aliphatic rings. The highest BCUT2D eigenvalue weighted by molar-refractivity contribution is 7.20. The summed E-state index contributed by atoms with van der Waals surface area (Å²) in [6, 6.07) is 6.09. The van der Waals surface area contributed by atoms with Gasteiger partial charge in [-0.05, 0) is 30.4 Å². The van der Waals surface area contributed by atoms with Crippen LogP contribution in [0.2, 0.25) is 0 Å². The van der Waals surface area contributed by atoms with Crippen LogP contribution >= 0.6 is 11.3 Å². The molecule has 1 aromatic carbocycles. The number of nitrogens with zero attached hydrogens (tertiary/aromatic N) is 1. The van der Waals surface area contributed by atoms with E-state index in [1.54, 1.807) is 12.1 Å². The lowest BCUT2D eigenvalue weighted by atomic mass is 9.78. The molecule has 0 aliphatic heterocycles. The third kappa shape index (κ3) is 4.44. The summed E-state index contributed by atoms with van der Waals surface area (Å²) in [7, 11) is 0. The Morgan fingerprint density at radius 2 is 2.07 bits per heavy atom.